The topological polar surface area (TPSA) is 43.4 Å². The fourth-order valence-electron chi connectivity index (χ4n) is 1.89. The number of rotatable bonds is 7. The van der Waals surface area contributed by atoms with Crippen LogP contribution in [0.15, 0.2) is 22.7 Å². The smallest absolute Gasteiger partial charge is 0.232 e. The molecule has 108 valence electrons. The van der Waals surface area contributed by atoms with Crippen molar-refractivity contribution in [2.75, 3.05) is 12.4 Å². The van der Waals surface area contributed by atoms with E-state index in [0.29, 0.717) is 6.61 Å². The molecule has 0 aromatic heterocycles. The minimum absolute atomic E-state index is 0.0437. The molecule has 1 aromatic rings. The highest BCUT2D eigenvalue weighted by molar-refractivity contribution is 9.10. The number of halogens is 2. The standard InChI is InChI=1S/C13H18BrClO3S/c1-3-4-11(9-19(15,16)17)8-18-13-6-5-12(14)7-10(13)2/h5-7,11H,3-4,8-9H2,1-2H3. The lowest BCUT2D eigenvalue weighted by Crippen LogP contribution is -2.19. The van der Waals surface area contributed by atoms with Gasteiger partial charge in [-0.05, 0) is 37.1 Å². The van der Waals surface area contributed by atoms with E-state index in [1.807, 2.05) is 32.0 Å². The van der Waals surface area contributed by atoms with E-state index in [2.05, 4.69) is 15.9 Å². The first-order valence-corrected chi connectivity index (χ1v) is 9.40. The molecular weight excluding hydrogens is 352 g/mol. The summed E-state index contributed by atoms with van der Waals surface area (Å²) in [6.45, 7) is 4.33. The predicted octanol–water partition coefficient (Wildman–Crippen LogP) is 4.12. The Kier molecular flexibility index (Phi) is 6.63. The molecule has 1 atom stereocenters. The van der Waals surface area contributed by atoms with Crippen LogP contribution in [0, 0.1) is 12.8 Å². The summed E-state index contributed by atoms with van der Waals surface area (Å²) in [7, 11) is 1.83. The van der Waals surface area contributed by atoms with Crippen molar-refractivity contribution in [3.05, 3.63) is 28.2 Å². The maximum atomic E-state index is 11.1. The average Bonchev–Trinajstić information content (AvgIpc) is 2.26. The zero-order valence-corrected chi connectivity index (χ0v) is 14.2. The first-order valence-electron chi connectivity index (χ1n) is 6.13. The van der Waals surface area contributed by atoms with Crippen molar-refractivity contribution in [3.63, 3.8) is 0 Å². The van der Waals surface area contributed by atoms with Gasteiger partial charge >= 0.3 is 0 Å². The van der Waals surface area contributed by atoms with Crippen LogP contribution in [0.3, 0.4) is 0 Å². The Balaban J connectivity index is 2.65. The van der Waals surface area contributed by atoms with E-state index in [0.717, 1.165) is 28.6 Å². The van der Waals surface area contributed by atoms with Gasteiger partial charge in [0, 0.05) is 21.1 Å². The molecule has 0 spiro atoms. The molecular formula is C13H18BrClO3S. The van der Waals surface area contributed by atoms with Crippen molar-refractivity contribution in [1.82, 2.24) is 0 Å². The second kappa shape index (κ2) is 7.50. The Morgan fingerprint density at radius 2 is 2.11 bits per heavy atom. The van der Waals surface area contributed by atoms with E-state index in [-0.39, 0.29) is 11.7 Å². The highest BCUT2D eigenvalue weighted by Crippen LogP contribution is 2.23. The molecule has 0 radical (unpaired) electrons. The van der Waals surface area contributed by atoms with Gasteiger partial charge in [-0.1, -0.05) is 29.3 Å². The minimum Gasteiger partial charge on any atom is -0.493 e. The van der Waals surface area contributed by atoms with E-state index < -0.39 is 9.05 Å². The molecule has 1 aromatic carbocycles. The van der Waals surface area contributed by atoms with E-state index in [9.17, 15) is 8.42 Å². The quantitative estimate of drug-likeness (QED) is 0.679. The van der Waals surface area contributed by atoms with Crippen LogP contribution in [0.2, 0.25) is 0 Å². The molecule has 0 aliphatic heterocycles. The summed E-state index contributed by atoms with van der Waals surface area (Å²) in [6, 6.07) is 5.73. The first-order chi connectivity index (χ1) is 8.81. The van der Waals surface area contributed by atoms with Crippen LogP contribution in [0.5, 0.6) is 5.75 Å². The lowest BCUT2D eigenvalue weighted by atomic mass is 10.1. The summed E-state index contributed by atoms with van der Waals surface area (Å²) in [5, 5.41) is 0. The van der Waals surface area contributed by atoms with Gasteiger partial charge in [0.05, 0.1) is 12.4 Å². The zero-order chi connectivity index (χ0) is 14.5. The average molecular weight is 370 g/mol. The van der Waals surface area contributed by atoms with E-state index in [4.69, 9.17) is 15.4 Å². The monoisotopic (exact) mass is 368 g/mol. The van der Waals surface area contributed by atoms with E-state index in [1.54, 1.807) is 0 Å². The van der Waals surface area contributed by atoms with Crippen molar-refractivity contribution in [1.29, 1.82) is 0 Å². The molecule has 0 heterocycles. The molecule has 0 bridgehead atoms. The summed E-state index contributed by atoms with van der Waals surface area (Å²) in [5.74, 6) is 0.657. The van der Waals surface area contributed by atoms with Gasteiger partial charge in [0.15, 0.2) is 0 Å². The summed E-state index contributed by atoms with van der Waals surface area (Å²) < 4.78 is 29.0. The van der Waals surface area contributed by atoms with Crippen LogP contribution < -0.4 is 4.74 Å². The van der Waals surface area contributed by atoms with Crippen molar-refractivity contribution in [2.45, 2.75) is 26.7 Å². The predicted molar refractivity (Wildman–Crippen MR) is 82.4 cm³/mol. The first kappa shape index (κ1) is 16.8. The van der Waals surface area contributed by atoms with Crippen LogP contribution in [0.4, 0.5) is 0 Å². The van der Waals surface area contributed by atoms with Gasteiger partial charge in [-0.25, -0.2) is 8.42 Å². The number of ether oxygens (including phenoxy) is 1. The molecule has 0 aliphatic carbocycles. The number of hydrogen-bond acceptors (Lipinski definition) is 3. The molecule has 0 amide bonds. The molecule has 0 N–H and O–H groups in total. The van der Waals surface area contributed by atoms with Gasteiger partial charge in [-0.15, -0.1) is 0 Å². The Labute approximate surface area is 127 Å². The van der Waals surface area contributed by atoms with Crippen LogP contribution in [0.1, 0.15) is 25.3 Å². The largest absolute Gasteiger partial charge is 0.493 e. The second-order valence-corrected chi connectivity index (χ2v) is 8.32. The van der Waals surface area contributed by atoms with Gasteiger partial charge in [0.25, 0.3) is 0 Å². The molecule has 19 heavy (non-hydrogen) atoms. The lowest BCUT2D eigenvalue weighted by Gasteiger charge is -2.16. The van der Waals surface area contributed by atoms with Crippen LogP contribution >= 0.6 is 26.6 Å². The zero-order valence-electron chi connectivity index (χ0n) is 11.0. The number of benzene rings is 1. The highest BCUT2D eigenvalue weighted by Gasteiger charge is 2.17. The van der Waals surface area contributed by atoms with Gasteiger partial charge in [-0.3, -0.25) is 0 Å². The second-order valence-electron chi connectivity index (χ2n) is 4.58. The molecule has 1 rings (SSSR count). The van der Waals surface area contributed by atoms with Crippen molar-refractivity contribution >= 4 is 35.7 Å². The van der Waals surface area contributed by atoms with Crippen LogP contribution in [-0.2, 0) is 9.05 Å². The maximum absolute atomic E-state index is 11.1. The van der Waals surface area contributed by atoms with Crippen LogP contribution in [-0.4, -0.2) is 20.8 Å². The SMILES string of the molecule is CCCC(COc1ccc(Br)cc1C)CS(=O)(=O)Cl. The van der Waals surface area contributed by atoms with E-state index >= 15 is 0 Å². The summed E-state index contributed by atoms with van der Waals surface area (Å²) in [5.41, 5.74) is 1.01. The van der Waals surface area contributed by atoms with E-state index in [1.165, 1.54) is 0 Å². The van der Waals surface area contributed by atoms with Gasteiger partial charge in [0.2, 0.25) is 9.05 Å². The number of aryl methyl sites for hydroxylation is 1. The molecule has 1 unspecified atom stereocenters. The van der Waals surface area contributed by atoms with Gasteiger partial charge in [-0.2, -0.15) is 0 Å². The normalized spacial score (nSPS) is 13.3. The Morgan fingerprint density at radius 3 is 2.63 bits per heavy atom. The summed E-state index contributed by atoms with van der Waals surface area (Å²) in [6.07, 6.45) is 1.68. The minimum atomic E-state index is -3.48. The Bertz CT molecular complexity index is 517. The third kappa shape index (κ3) is 6.63. The Hall–Kier alpha value is -0.260. The Morgan fingerprint density at radius 1 is 1.42 bits per heavy atom. The summed E-state index contributed by atoms with van der Waals surface area (Å²) >= 11 is 3.39. The molecule has 0 saturated heterocycles. The molecule has 6 heteroatoms. The molecule has 0 aliphatic rings. The highest BCUT2D eigenvalue weighted by atomic mass is 79.9. The summed E-state index contributed by atoms with van der Waals surface area (Å²) in [4.78, 5) is 0. The lowest BCUT2D eigenvalue weighted by molar-refractivity contribution is 0.251. The van der Waals surface area contributed by atoms with Crippen molar-refractivity contribution in [2.24, 2.45) is 5.92 Å². The van der Waals surface area contributed by atoms with Crippen molar-refractivity contribution in [3.8, 4) is 5.75 Å². The van der Waals surface area contributed by atoms with Gasteiger partial charge < -0.3 is 4.74 Å². The fourth-order valence-corrected chi connectivity index (χ4v) is 3.72. The number of hydrogen-bond donors (Lipinski definition) is 0. The van der Waals surface area contributed by atoms with Crippen LogP contribution in [0.25, 0.3) is 0 Å². The maximum Gasteiger partial charge on any atom is 0.232 e. The molecule has 3 nitrogen and oxygen atoms in total. The molecule has 0 fully saturated rings. The third-order valence-electron chi connectivity index (χ3n) is 2.74. The van der Waals surface area contributed by atoms with Crippen molar-refractivity contribution < 1.29 is 13.2 Å². The third-order valence-corrected chi connectivity index (χ3v) is 4.48. The van der Waals surface area contributed by atoms with Gasteiger partial charge in [0.1, 0.15) is 5.75 Å². The fraction of sp³-hybridized carbons (Fsp3) is 0.538. The molecule has 0 saturated carbocycles.